The van der Waals surface area contributed by atoms with Crippen LogP contribution >= 0.6 is 11.6 Å². The molecule has 1 unspecified atom stereocenters. The van der Waals surface area contributed by atoms with Gasteiger partial charge < -0.3 is 9.47 Å². The van der Waals surface area contributed by atoms with Crippen molar-refractivity contribution >= 4 is 17.6 Å². The van der Waals surface area contributed by atoms with Gasteiger partial charge in [0.1, 0.15) is 5.75 Å². The molecule has 0 saturated carbocycles. The summed E-state index contributed by atoms with van der Waals surface area (Å²) in [6.45, 7) is 4.20. The quantitative estimate of drug-likeness (QED) is 0.270. The molecule has 1 atom stereocenters. The van der Waals surface area contributed by atoms with Crippen LogP contribution in [0.5, 0.6) is 5.75 Å². The molecule has 1 heterocycles. The summed E-state index contributed by atoms with van der Waals surface area (Å²) in [4.78, 5) is 12.5. The number of rotatable bonds is 8. The van der Waals surface area contributed by atoms with Crippen LogP contribution in [0.4, 0.5) is 0 Å². The fraction of sp³-hybridized carbons (Fsp3) is 0.214. The Morgan fingerprint density at radius 3 is 2.29 bits per heavy atom. The molecule has 1 aromatic heterocycles. The molecule has 0 spiro atoms. The minimum Gasteiger partial charge on any atom is -0.497 e. The highest BCUT2D eigenvalue weighted by Gasteiger charge is 2.24. The van der Waals surface area contributed by atoms with Crippen LogP contribution in [-0.4, -0.2) is 29.5 Å². The van der Waals surface area contributed by atoms with Crippen LogP contribution in [0.1, 0.15) is 36.1 Å². The topological polar surface area (TPSA) is 53.4 Å². The third-order valence-electron chi connectivity index (χ3n) is 5.70. The average molecular weight is 475 g/mol. The van der Waals surface area contributed by atoms with E-state index in [-0.39, 0.29) is 18.3 Å². The molecule has 0 bridgehead atoms. The van der Waals surface area contributed by atoms with Crippen molar-refractivity contribution in [2.24, 2.45) is 0 Å². The molecular formula is C28H27ClN2O3. The molecule has 0 fully saturated rings. The molecule has 0 aliphatic carbocycles. The maximum atomic E-state index is 12.5. The zero-order valence-electron chi connectivity index (χ0n) is 19.5. The molecule has 6 heteroatoms. The molecule has 0 saturated heterocycles. The number of hydrogen-bond acceptors (Lipinski definition) is 4. The van der Waals surface area contributed by atoms with Gasteiger partial charge in [-0.1, -0.05) is 53.6 Å². The molecule has 0 N–H and O–H groups in total. The molecular weight excluding hydrogens is 448 g/mol. The standard InChI is InChI=1S/C28H27ClN2O3/c1-4-34-28(32)17-25(20-9-11-22(29)12-10-20)26-18-27(21-7-5-19(2)6-8-21)31(30-26)23-13-15-24(33-3)16-14-23/h5-16,18,25H,4,17H2,1-3H3. The Kier molecular flexibility index (Phi) is 7.33. The number of methoxy groups -OCH3 is 1. The van der Waals surface area contributed by atoms with Crippen molar-refractivity contribution in [1.82, 2.24) is 9.78 Å². The van der Waals surface area contributed by atoms with Gasteiger partial charge in [-0.15, -0.1) is 0 Å². The number of esters is 1. The number of nitrogens with zero attached hydrogens (tertiary/aromatic N) is 2. The van der Waals surface area contributed by atoms with Crippen molar-refractivity contribution in [2.75, 3.05) is 13.7 Å². The number of hydrogen-bond donors (Lipinski definition) is 0. The van der Waals surface area contributed by atoms with E-state index in [4.69, 9.17) is 26.2 Å². The zero-order valence-corrected chi connectivity index (χ0v) is 20.3. The van der Waals surface area contributed by atoms with Gasteiger partial charge in [-0.3, -0.25) is 4.79 Å². The molecule has 0 aliphatic rings. The van der Waals surface area contributed by atoms with E-state index >= 15 is 0 Å². The fourth-order valence-corrected chi connectivity index (χ4v) is 4.02. The first-order chi connectivity index (χ1) is 16.5. The molecule has 174 valence electrons. The van der Waals surface area contributed by atoms with Crippen LogP contribution in [0.3, 0.4) is 0 Å². The van der Waals surface area contributed by atoms with Crippen molar-refractivity contribution < 1.29 is 14.3 Å². The summed E-state index contributed by atoms with van der Waals surface area (Å²) in [5.74, 6) is 0.229. The van der Waals surface area contributed by atoms with Crippen molar-refractivity contribution in [3.8, 4) is 22.7 Å². The van der Waals surface area contributed by atoms with Gasteiger partial charge in [-0.05, 0) is 61.9 Å². The van der Waals surface area contributed by atoms with Crippen LogP contribution in [0, 0.1) is 6.92 Å². The largest absolute Gasteiger partial charge is 0.497 e. The number of halogens is 1. The molecule has 3 aromatic carbocycles. The molecule has 4 rings (SSSR count). The highest BCUT2D eigenvalue weighted by atomic mass is 35.5. The van der Waals surface area contributed by atoms with E-state index in [0.717, 1.165) is 34.0 Å². The predicted molar refractivity (Wildman–Crippen MR) is 135 cm³/mol. The lowest BCUT2D eigenvalue weighted by atomic mass is 9.92. The van der Waals surface area contributed by atoms with Crippen LogP contribution in [-0.2, 0) is 9.53 Å². The van der Waals surface area contributed by atoms with E-state index in [0.29, 0.717) is 11.6 Å². The monoisotopic (exact) mass is 474 g/mol. The second-order valence-electron chi connectivity index (χ2n) is 8.04. The molecule has 0 aliphatic heterocycles. The summed E-state index contributed by atoms with van der Waals surface area (Å²) in [5.41, 5.74) is 5.78. The lowest BCUT2D eigenvalue weighted by Crippen LogP contribution is -2.12. The second kappa shape index (κ2) is 10.6. The predicted octanol–water partition coefficient (Wildman–Crippen LogP) is 6.59. The lowest BCUT2D eigenvalue weighted by molar-refractivity contribution is -0.143. The smallest absolute Gasteiger partial charge is 0.306 e. The van der Waals surface area contributed by atoms with Crippen molar-refractivity contribution in [2.45, 2.75) is 26.2 Å². The minimum atomic E-state index is -0.278. The van der Waals surface area contributed by atoms with Gasteiger partial charge in [0, 0.05) is 16.5 Å². The van der Waals surface area contributed by atoms with Gasteiger partial charge >= 0.3 is 5.97 Å². The highest BCUT2D eigenvalue weighted by Crippen LogP contribution is 2.33. The number of benzene rings is 3. The number of carbonyl (C=O) groups excluding carboxylic acids is 1. The van der Waals surface area contributed by atoms with Crippen molar-refractivity contribution in [1.29, 1.82) is 0 Å². The Bertz CT molecular complexity index is 1250. The second-order valence-corrected chi connectivity index (χ2v) is 8.48. The van der Waals surface area contributed by atoms with E-state index in [1.54, 1.807) is 7.11 Å². The van der Waals surface area contributed by atoms with E-state index in [1.807, 2.05) is 66.2 Å². The summed E-state index contributed by atoms with van der Waals surface area (Å²) >= 11 is 6.12. The van der Waals surface area contributed by atoms with E-state index in [1.165, 1.54) is 5.56 Å². The minimum absolute atomic E-state index is 0.183. The van der Waals surface area contributed by atoms with Crippen LogP contribution in [0.15, 0.2) is 78.9 Å². The van der Waals surface area contributed by atoms with Crippen LogP contribution in [0.25, 0.3) is 16.9 Å². The van der Waals surface area contributed by atoms with E-state index in [9.17, 15) is 4.79 Å². The SMILES string of the molecule is CCOC(=O)CC(c1ccc(Cl)cc1)c1cc(-c2ccc(C)cc2)n(-c2ccc(OC)cc2)n1. The highest BCUT2D eigenvalue weighted by molar-refractivity contribution is 6.30. The van der Waals surface area contributed by atoms with Gasteiger partial charge in [-0.2, -0.15) is 5.10 Å². The summed E-state index contributed by atoms with van der Waals surface area (Å²) in [5, 5.41) is 5.62. The fourth-order valence-electron chi connectivity index (χ4n) is 3.89. The number of aryl methyl sites for hydroxylation is 1. The van der Waals surface area contributed by atoms with E-state index in [2.05, 4.69) is 31.2 Å². The van der Waals surface area contributed by atoms with Gasteiger partial charge in [-0.25, -0.2) is 4.68 Å². The van der Waals surface area contributed by atoms with Crippen molar-refractivity contribution in [3.05, 3.63) is 101 Å². The maximum Gasteiger partial charge on any atom is 0.306 e. The van der Waals surface area contributed by atoms with Gasteiger partial charge in [0.25, 0.3) is 0 Å². The molecule has 0 radical (unpaired) electrons. The molecule has 0 amide bonds. The van der Waals surface area contributed by atoms with E-state index < -0.39 is 0 Å². The molecule has 34 heavy (non-hydrogen) atoms. The average Bonchev–Trinajstić information content (AvgIpc) is 3.29. The van der Waals surface area contributed by atoms with Crippen LogP contribution < -0.4 is 4.74 Å². The Hall–Kier alpha value is -3.57. The lowest BCUT2D eigenvalue weighted by Gasteiger charge is -2.15. The summed E-state index contributed by atoms with van der Waals surface area (Å²) < 4.78 is 12.5. The third kappa shape index (κ3) is 5.32. The number of ether oxygens (including phenoxy) is 2. The first-order valence-electron chi connectivity index (χ1n) is 11.2. The third-order valence-corrected chi connectivity index (χ3v) is 5.95. The Balaban J connectivity index is 1.84. The van der Waals surface area contributed by atoms with Gasteiger partial charge in [0.15, 0.2) is 0 Å². The van der Waals surface area contributed by atoms with Crippen LogP contribution in [0.2, 0.25) is 5.02 Å². The van der Waals surface area contributed by atoms with Gasteiger partial charge in [0.05, 0.1) is 37.2 Å². The number of aromatic nitrogens is 2. The molecule has 5 nitrogen and oxygen atoms in total. The zero-order chi connectivity index (χ0) is 24.1. The summed E-state index contributed by atoms with van der Waals surface area (Å²) in [7, 11) is 1.64. The van der Waals surface area contributed by atoms with Crippen molar-refractivity contribution in [3.63, 3.8) is 0 Å². The Morgan fingerprint density at radius 2 is 1.68 bits per heavy atom. The maximum absolute atomic E-state index is 12.5. The molecule has 4 aromatic rings. The summed E-state index contributed by atoms with van der Waals surface area (Å²) in [6.07, 6.45) is 0.183. The number of carbonyl (C=O) groups is 1. The first kappa shape index (κ1) is 23.6. The first-order valence-corrected chi connectivity index (χ1v) is 11.6. The van der Waals surface area contributed by atoms with Gasteiger partial charge in [0.2, 0.25) is 0 Å². The normalized spacial score (nSPS) is 11.8. The Labute approximate surface area is 204 Å². The summed E-state index contributed by atoms with van der Waals surface area (Å²) in [6, 6.07) is 25.7. The Morgan fingerprint density at radius 1 is 1.00 bits per heavy atom.